The van der Waals surface area contributed by atoms with Gasteiger partial charge >= 0.3 is 0 Å². The number of rotatable bonds is 6. The first-order chi connectivity index (χ1) is 5.76. The van der Waals surface area contributed by atoms with Crippen molar-refractivity contribution >= 4 is 12.3 Å². The van der Waals surface area contributed by atoms with Crippen LogP contribution in [0.25, 0.3) is 0 Å². The Morgan fingerprint density at radius 1 is 1.42 bits per heavy atom. The van der Waals surface area contributed by atoms with Crippen molar-refractivity contribution < 1.29 is 9.59 Å². The van der Waals surface area contributed by atoms with Gasteiger partial charge in [0.1, 0.15) is 0 Å². The van der Waals surface area contributed by atoms with Crippen molar-refractivity contribution in [2.75, 3.05) is 19.6 Å². The van der Waals surface area contributed by atoms with Crippen LogP contribution in [-0.4, -0.2) is 36.9 Å². The minimum atomic E-state index is 0.0920. The first-order valence-electron chi connectivity index (χ1n) is 4.21. The van der Waals surface area contributed by atoms with Gasteiger partial charge in [0.15, 0.2) is 0 Å². The number of carbonyl (C=O) groups excluding carboxylic acids is 2. The lowest BCUT2D eigenvalue weighted by Crippen LogP contribution is -2.32. The fourth-order valence-corrected chi connectivity index (χ4v) is 0.972. The van der Waals surface area contributed by atoms with Gasteiger partial charge in [0, 0.05) is 26.1 Å². The molecular weight excluding hydrogens is 156 g/mol. The molecule has 0 aromatic carbocycles. The maximum absolute atomic E-state index is 11.3. The summed E-state index contributed by atoms with van der Waals surface area (Å²) in [6.07, 6.45) is 0.996. The second kappa shape index (κ2) is 6.64. The predicted octanol–water partition coefficient (Wildman–Crippen LogP) is -0.00910. The van der Waals surface area contributed by atoms with Crippen molar-refractivity contribution in [1.29, 1.82) is 0 Å². The number of nitrogens with zero attached hydrogens (tertiary/aromatic N) is 1. The SMILES string of the molecule is CCN(CC)C(=O)CCNC=O. The van der Waals surface area contributed by atoms with E-state index in [9.17, 15) is 9.59 Å². The minimum Gasteiger partial charge on any atom is -0.358 e. The van der Waals surface area contributed by atoms with E-state index in [1.165, 1.54) is 0 Å². The third kappa shape index (κ3) is 3.95. The highest BCUT2D eigenvalue weighted by Gasteiger charge is 2.07. The predicted molar refractivity (Wildman–Crippen MR) is 46.6 cm³/mol. The smallest absolute Gasteiger partial charge is 0.224 e. The van der Waals surface area contributed by atoms with Crippen molar-refractivity contribution in [2.24, 2.45) is 0 Å². The Morgan fingerprint density at radius 3 is 2.42 bits per heavy atom. The molecule has 1 N–H and O–H groups in total. The molecular formula is C8H16N2O2. The van der Waals surface area contributed by atoms with E-state index in [0.29, 0.717) is 19.4 Å². The van der Waals surface area contributed by atoms with Gasteiger partial charge in [-0.05, 0) is 13.8 Å². The average Bonchev–Trinajstić information content (AvgIpc) is 2.07. The van der Waals surface area contributed by atoms with E-state index < -0.39 is 0 Å². The van der Waals surface area contributed by atoms with Crippen LogP contribution in [-0.2, 0) is 9.59 Å². The molecule has 70 valence electrons. The summed E-state index contributed by atoms with van der Waals surface area (Å²) < 4.78 is 0. The van der Waals surface area contributed by atoms with Gasteiger partial charge in [-0.2, -0.15) is 0 Å². The highest BCUT2D eigenvalue weighted by Crippen LogP contribution is 1.91. The number of hydrogen-bond donors (Lipinski definition) is 1. The Kier molecular flexibility index (Phi) is 6.05. The molecule has 0 aliphatic carbocycles. The van der Waals surface area contributed by atoms with E-state index in [0.717, 1.165) is 13.1 Å². The number of hydrogen-bond acceptors (Lipinski definition) is 2. The Morgan fingerprint density at radius 2 is 2.00 bits per heavy atom. The van der Waals surface area contributed by atoms with Gasteiger partial charge in [-0.15, -0.1) is 0 Å². The van der Waals surface area contributed by atoms with E-state index >= 15 is 0 Å². The molecule has 0 saturated carbocycles. The summed E-state index contributed by atoms with van der Waals surface area (Å²) in [6.45, 7) is 5.77. The summed E-state index contributed by atoms with van der Waals surface area (Å²) >= 11 is 0. The van der Waals surface area contributed by atoms with Crippen LogP contribution in [0.1, 0.15) is 20.3 Å². The standard InChI is InChI=1S/C8H16N2O2/c1-3-10(4-2)8(12)5-6-9-7-11/h7H,3-6H2,1-2H3,(H,9,11). The van der Waals surface area contributed by atoms with E-state index in [1.807, 2.05) is 13.8 Å². The van der Waals surface area contributed by atoms with Crippen molar-refractivity contribution in [2.45, 2.75) is 20.3 Å². The Balaban J connectivity index is 3.61. The molecule has 0 heterocycles. The Labute approximate surface area is 72.9 Å². The van der Waals surface area contributed by atoms with E-state index in [1.54, 1.807) is 4.90 Å². The largest absolute Gasteiger partial charge is 0.358 e. The van der Waals surface area contributed by atoms with Gasteiger partial charge in [0.25, 0.3) is 0 Å². The highest BCUT2D eigenvalue weighted by molar-refractivity contribution is 5.76. The monoisotopic (exact) mass is 172 g/mol. The summed E-state index contributed by atoms with van der Waals surface area (Å²) in [4.78, 5) is 22.9. The summed E-state index contributed by atoms with van der Waals surface area (Å²) in [5.41, 5.74) is 0. The molecule has 0 bridgehead atoms. The molecule has 4 nitrogen and oxygen atoms in total. The van der Waals surface area contributed by atoms with Crippen LogP contribution < -0.4 is 5.32 Å². The summed E-state index contributed by atoms with van der Waals surface area (Å²) in [5.74, 6) is 0.0920. The van der Waals surface area contributed by atoms with Gasteiger partial charge in [0.2, 0.25) is 12.3 Å². The molecule has 0 rings (SSSR count). The third-order valence-electron chi connectivity index (χ3n) is 1.68. The molecule has 0 fully saturated rings. The van der Waals surface area contributed by atoms with Gasteiger partial charge in [0.05, 0.1) is 0 Å². The van der Waals surface area contributed by atoms with Crippen molar-refractivity contribution in [1.82, 2.24) is 10.2 Å². The van der Waals surface area contributed by atoms with E-state index in [-0.39, 0.29) is 5.91 Å². The molecule has 12 heavy (non-hydrogen) atoms. The quantitative estimate of drug-likeness (QED) is 0.452. The summed E-state index contributed by atoms with van der Waals surface area (Å²) in [5, 5.41) is 2.45. The maximum atomic E-state index is 11.3. The molecule has 2 amide bonds. The van der Waals surface area contributed by atoms with Gasteiger partial charge in [-0.3, -0.25) is 9.59 Å². The molecule has 0 atom stereocenters. The van der Waals surface area contributed by atoms with E-state index in [2.05, 4.69) is 5.32 Å². The van der Waals surface area contributed by atoms with Crippen LogP contribution in [0.5, 0.6) is 0 Å². The van der Waals surface area contributed by atoms with Crippen LogP contribution in [0.15, 0.2) is 0 Å². The molecule has 0 saturated heterocycles. The molecule has 0 radical (unpaired) electrons. The molecule has 0 unspecified atom stereocenters. The van der Waals surface area contributed by atoms with Crippen LogP contribution in [0.4, 0.5) is 0 Å². The molecule has 0 aliphatic rings. The zero-order valence-electron chi connectivity index (χ0n) is 7.67. The average molecular weight is 172 g/mol. The van der Waals surface area contributed by atoms with Gasteiger partial charge in [-0.1, -0.05) is 0 Å². The van der Waals surface area contributed by atoms with Gasteiger partial charge in [-0.25, -0.2) is 0 Å². The van der Waals surface area contributed by atoms with Crippen molar-refractivity contribution in [3.05, 3.63) is 0 Å². The lowest BCUT2D eigenvalue weighted by Gasteiger charge is -2.18. The third-order valence-corrected chi connectivity index (χ3v) is 1.68. The lowest BCUT2D eigenvalue weighted by molar-refractivity contribution is -0.130. The number of nitrogens with one attached hydrogen (secondary N) is 1. The van der Waals surface area contributed by atoms with Crippen molar-refractivity contribution in [3.63, 3.8) is 0 Å². The van der Waals surface area contributed by atoms with E-state index in [4.69, 9.17) is 0 Å². The second-order valence-electron chi connectivity index (χ2n) is 2.39. The summed E-state index contributed by atoms with van der Waals surface area (Å²) in [7, 11) is 0. The number of amides is 2. The topological polar surface area (TPSA) is 49.4 Å². The Hall–Kier alpha value is -1.06. The summed E-state index contributed by atoms with van der Waals surface area (Å²) in [6, 6.07) is 0. The van der Waals surface area contributed by atoms with Crippen molar-refractivity contribution in [3.8, 4) is 0 Å². The van der Waals surface area contributed by atoms with Gasteiger partial charge < -0.3 is 10.2 Å². The van der Waals surface area contributed by atoms with Crippen LogP contribution in [0.2, 0.25) is 0 Å². The number of carbonyl (C=O) groups is 2. The molecule has 0 aromatic heterocycles. The highest BCUT2D eigenvalue weighted by atomic mass is 16.2. The zero-order valence-corrected chi connectivity index (χ0v) is 7.67. The molecule has 4 heteroatoms. The first-order valence-corrected chi connectivity index (χ1v) is 4.21. The molecule has 0 spiro atoms. The Bertz CT molecular complexity index is 144. The lowest BCUT2D eigenvalue weighted by atomic mass is 10.3. The maximum Gasteiger partial charge on any atom is 0.224 e. The molecule has 0 aromatic rings. The molecule has 0 aliphatic heterocycles. The van der Waals surface area contributed by atoms with Crippen LogP contribution in [0, 0.1) is 0 Å². The minimum absolute atomic E-state index is 0.0920. The van der Waals surface area contributed by atoms with Crippen LogP contribution in [0.3, 0.4) is 0 Å². The normalized spacial score (nSPS) is 9.17. The van der Waals surface area contributed by atoms with Crippen LogP contribution >= 0.6 is 0 Å². The zero-order chi connectivity index (χ0) is 9.40. The second-order valence-corrected chi connectivity index (χ2v) is 2.39. The first kappa shape index (κ1) is 10.9. The fourth-order valence-electron chi connectivity index (χ4n) is 0.972. The fraction of sp³-hybridized carbons (Fsp3) is 0.750.